The highest BCUT2D eigenvalue weighted by atomic mass is 19.1. The number of carbonyl (C=O) groups excluding carboxylic acids is 3. The van der Waals surface area contributed by atoms with E-state index in [-0.39, 0.29) is 42.7 Å². The summed E-state index contributed by atoms with van der Waals surface area (Å²) in [6.45, 7) is 3.05. The molecule has 3 unspecified atom stereocenters. The number of halogens is 1. The molecule has 3 aromatic rings. The lowest BCUT2D eigenvalue weighted by atomic mass is 10.00. The standard InChI is InChI=1S/C32H33FN4O4/c33-26-9-5-4-8-22(26)17-34-27-14-15-36(18-21-6-2-1-3-7-21)20-29(27)41-24-10-11-25-23(16-24)19-37(32(25)40)28-12-13-30(38)35-31(28)39/h1-11,16,27-29,34H,12-15,17-20H2,(H,35,38,39). The van der Waals surface area contributed by atoms with Gasteiger partial charge in [-0.2, -0.15) is 0 Å². The number of hydrogen-bond donors (Lipinski definition) is 2. The van der Waals surface area contributed by atoms with Crippen molar-refractivity contribution in [3.8, 4) is 5.75 Å². The fraction of sp³-hybridized carbons (Fsp3) is 0.344. The smallest absolute Gasteiger partial charge is 0.255 e. The van der Waals surface area contributed by atoms with Crippen molar-refractivity contribution in [1.29, 1.82) is 0 Å². The zero-order chi connectivity index (χ0) is 28.3. The Balaban J connectivity index is 1.17. The minimum absolute atomic E-state index is 0.00325. The predicted octanol–water partition coefficient (Wildman–Crippen LogP) is 3.40. The van der Waals surface area contributed by atoms with Gasteiger partial charge < -0.3 is 15.0 Å². The van der Waals surface area contributed by atoms with Gasteiger partial charge in [-0.3, -0.25) is 24.6 Å². The summed E-state index contributed by atoms with van der Waals surface area (Å²) >= 11 is 0. The first-order chi connectivity index (χ1) is 19.9. The van der Waals surface area contributed by atoms with E-state index in [0.717, 1.165) is 25.1 Å². The van der Waals surface area contributed by atoms with Crippen LogP contribution in [-0.4, -0.2) is 58.8 Å². The highest BCUT2D eigenvalue weighted by Gasteiger charge is 2.39. The first kappa shape index (κ1) is 27.1. The normalized spacial score (nSPS) is 22.9. The maximum Gasteiger partial charge on any atom is 0.255 e. The van der Waals surface area contributed by atoms with Crippen molar-refractivity contribution < 1.29 is 23.5 Å². The Hall–Kier alpha value is -4.08. The van der Waals surface area contributed by atoms with Crippen LogP contribution in [0.1, 0.15) is 46.3 Å². The van der Waals surface area contributed by atoms with Crippen molar-refractivity contribution in [2.45, 2.75) is 57.1 Å². The fourth-order valence-corrected chi connectivity index (χ4v) is 6.00. The molecule has 0 radical (unpaired) electrons. The van der Waals surface area contributed by atoms with Gasteiger partial charge in [-0.15, -0.1) is 0 Å². The number of imide groups is 1. The summed E-state index contributed by atoms with van der Waals surface area (Å²) in [6, 6.07) is 21.9. The van der Waals surface area contributed by atoms with E-state index in [2.05, 4.69) is 27.7 Å². The SMILES string of the molecule is O=C1CCC(N2Cc3cc(OC4CN(Cc5ccccc5)CCC4NCc4ccccc4F)ccc3C2=O)C(=O)N1. The minimum Gasteiger partial charge on any atom is -0.487 e. The van der Waals surface area contributed by atoms with E-state index in [1.165, 1.54) is 16.5 Å². The van der Waals surface area contributed by atoms with Crippen molar-refractivity contribution in [1.82, 2.24) is 20.4 Å². The molecule has 3 aliphatic rings. The summed E-state index contributed by atoms with van der Waals surface area (Å²) in [5.74, 6) is -0.535. The molecule has 0 spiro atoms. The zero-order valence-electron chi connectivity index (χ0n) is 22.7. The lowest BCUT2D eigenvalue weighted by molar-refractivity contribution is -0.136. The van der Waals surface area contributed by atoms with Crippen LogP contribution in [0, 0.1) is 5.82 Å². The quantitative estimate of drug-likeness (QED) is 0.414. The van der Waals surface area contributed by atoms with E-state index < -0.39 is 11.9 Å². The summed E-state index contributed by atoms with van der Waals surface area (Å²) < 4.78 is 20.9. The highest BCUT2D eigenvalue weighted by molar-refractivity contribution is 6.05. The van der Waals surface area contributed by atoms with Crippen LogP contribution in [0.2, 0.25) is 0 Å². The van der Waals surface area contributed by atoms with Crippen LogP contribution in [0.3, 0.4) is 0 Å². The number of likely N-dealkylation sites (tertiary alicyclic amines) is 1. The molecule has 2 N–H and O–H groups in total. The van der Waals surface area contributed by atoms with Gasteiger partial charge in [0.15, 0.2) is 0 Å². The molecule has 0 aromatic heterocycles. The van der Waals surface area contributed by atoms with Gasteiger partial charge in [0.05, 0.1) is 0 Å². The second kappa shape index (κ2) is 11.8. The Morgan fingerprint density at radius 2 is 1.78 bits per heavy atom. The molecule has 2 saturated heterocycles. The number of nitrogens with zero attached hydrogens (tertiary/aromatic N) is 2. The number of piperidine rings is 2. The third kappa shape index (κ3) is 6.01. The third-order valence-electron chi connectivity index (χ3n) is 8.19. The molecular weight excluding hydrogens is 523 g/mol. The fourth-order valence-electron chi connectivity index (χ4n) is 6.00. The highest BCUT2D eigenvalue weighted by Crippen LogP contribution is 2.31. The van der Waals surface area contributed by atoms with E-state index in [1.54, 1.807) is 24.3 Å². The van der Waals surface area contributed by atoms with Crippen LogP contribution in [0.15, 0.2) is 72.8 Å². The van der Waals surface area contributed by atoms with Gasteiger partial charge >= 0.3 is 0 Å². The van der Waals surface area contributed by atoms with Crippen LogP contribution >= 0.6 is 0 Å². The van der Waals surface area contributed by atoms with Crippen molar-refractivity contribution in [3.63, 3.8) is 0 Å². The van der Waals surface area contributed by atoms with Gasteiger partial charge in [0.1, 0.15) is 23.7 Å². The number of benzene rings is 3. The summed E-state index contributed by atoms with van der Waals surface area (Å²) in [6.07, 6.45) is 1.16. The van der Waals surface area contributed by atoms with Crippen LogP contribution in [-0.2, 0) is 29.2 Å². The summed E-state index contributed by atoms with van der Waals surface area (Å²) in [5, 5.41) is 5.87. The van der Waals surface area contributed by atoms with Crippen LogP contribution in [0.4, 0.5) is 4.39 Å². The van der Waals surface area contributed by atoms with Crippen molar-refractivity contribution in [3.05, 3.63) is 101 Å². The van der Waals surface area contributed by atoms with Gasteiger partial charge in [-0.1, -0.05) is 48.5 Å². The Morgan fingerprint density at radius 1 is 0.976 bits per heavy atom. The number of carbonyl (C=O) groups is 3. The second-order valence-corrected chi connectivity index (χ2v) is 11.0. The maximum atomic E-state index is 14.3. The van der Waals surface area contributed by atoms with E-state index in [0.29, 0.717) is 36.4 Å². The molecule has 8 nitrogen and oxygen atoms in total. The molecule has 3 aromatic carbocycles. The van der Waals surface area contributed by atoms with Gasteiger partial charge in [-0.05, 0) is 48.2 Å². The lowest BCUT2D eigenvalue weighted by Crippen LogP contribution is -2.54. The van der Waals surface area contributed by atoms with E-state index in [4.69, 9.17) is 4.74 Å². The van der Waals surface area contributed by atoms with Crippen molar-refractivity contribution in [2.75, 3.05) is 13.1 Å². The molecule has 6 rings (SSSR count). The second-order valence-electron chi connectivity index (χ2n) is 11.0. The van der Waals surface area contributed by atoms with Crippen LogP contribution in [0.5, 0.6) is 5.75 Å². The average Bonchev–Trinajstić information content (AvgIpc) is 3.29. The molecular formula is C32H33FN4O4. The number of fused-ring (bicyclic) bond motifs is 1. The molecule has 41 heavy (non-hydrogen) atoms. The average molecular weight is 557 g/mol. The number of ether oxygens (including phenoxy) is 1. The number of hydrogen-bond acceptors (Lipinski definition) is 6. The molecule has 3 atom stereocenters. The number of amides is 3. The zero-order valence-corrected chi connectivity index (χ0v) is 22.7. The van der Waals surface area contributed by atoms with Crippen molar-refractivity contribution in [2.24, 2.45) is 0 Å². The molecule has 3 aliphatic heterocycles. The molecule has 3 heterocycles. The Labute approximate surface area is 238 Å². The minimum atomic E-state index is -0.658. The van der Waals surface area contributed by atoms with Gasteiger partial charge in [0, 0.05) is 56.3 Å². The first-order valence-electron chi connectivity index (χ1n) is 14.1. The van der Waals surface area contributed by atoms with Crippen LogP contribution < -0.4 is 15.4 Å². The van der Waals surface area contributed by atoms with Crippen molar-refractivity contribution >= 4 is 17.7 Å². The summed E-state index contributed by atoms with van der Waals surface area (Å²) in [7, 11) is 0. The Morgan fingerprint density at radius 3 is 2.59 bits per heavy atom. The molecule has 9 heteroatoms. The lowest BCUT2D eigenvalue weighted by Gasteiger charge is -2.39. The number of nitrogens with one attached hydrogen (secondary N) is 2. The maximum absolute atomic E-state index is 14.3. The molecule has 212 valence electrons. The van der Waals surface area contributed by atoms with E-state index >= 15 is 0 Å². The Bertz CT molecular complexity index is 1450. The molecule has 0 bridgehead atoms. The topological polar surface area (TPSA) is 91.0 Å². The third-order valence-corrected chi connectivity index (χ3v) is 8.19. The van der Waals surface area contributed by atoms with E-state index in [1.807, 2.05) is 30.3 Å². The van der Waals surface area contributed by atoms with Gasteiger partial charge in [0.25, 0.3) is 5.91 Å². The summed E-state index contributed by atoms with van der Waals surface area (Å²) in [4.78, 5) is 41.0. The van der Waals surface area contributed by atoms with Crippen LogP contribution in [0.25, 0.3) is 0 Å². The van der Waals surface area contributed by atoms with Gasteiger partial charge in [0.2, 0.25) is 11.8 Å². The molecule has 2 fully saturated rings. The van der Waals surface area contributed by atoms with E-state index in [9.17, 15) is 18.8 Å². The molecule has 0 aliphatic carbocycles. The molecule has 0 saturated carbocycles. The monoisotopic (exact) mass is 556 g/mol. The predicted molar refractivity (Wildman–Crippen MR) is 150 cm³/mol. The largest absolute Gasteiger partial charge is 0.487 e. The van der Waals surface area contributed by atoms with Gasteiger partial charge in [-0.25, -0.2) is 4.39 Å². The first-order valence-corrected chi connectivity index (χ1v) is 14.1. The number of rotatable bonds is 8. The summed E-state index contributed by atoms with van der Waals surface area (Å²) in [5.41, 5.74) is 3.19. The Kier molecular flexibility index (Phi) is 7.80. The molecule has 3 amide bonds.